The van der Waals surface area contributed by atoms with Crippen molar-refractivity contribution in [3.8, 4) is 5.75 Å². The fourth-order valence-corrected chi connectivity index (χ4v) is 3.32. The minimum atomic E-state index is -3.35. The van der Waals surface area contributed by atoms with Crippen molar-refractivity contribution in [3.05, 3.63) is 54.1 Å². The first kappa shape index (κ1) is 15.4. The van der Waals surface area contributed by atoms with Gasteiger partial charge in [0.15, 0.2) is 0 Å². The zero-order valence-electron chi connectivity index (χ0n) is 12.5. The second-order valence-electron chi connectivity index (χ2n) is 5.19. The Labute approximate surface area is 134 Å². The summed E-state index contributed by atoms with van der Waals surface area (Å²) in [4.78, 5) is 12.1. The molecule has 0 saturated carbocycles. The van der Waals surface area contributed by atoms with Gasteiger partial charge in [-0.1, -0.05) is 18.2 Å². The highest BCUT2D eigenvalue weighted by molar-refractivity contribution is 7.92. The van der Waals surface area contributed by atoms with Crippen LogP contribution < -0.4 is 14.4 Å². The summed E-state index contributed by atoms with van der Waals surface area (Å²) in [6.07, 6.45) is 1.16. The standard InChI is InChI=1S/C16H16N2O4S/c1-23(20,21)18-9-10-22-15-11-13(7-8-14(15)18)17-16(19)12-5-3-2-4-6-12/h2-8,11H,9-10H2,1H3,(H,17,19). The molecule has 1 amide bonds. The highest BCUT2D eigenvalue weighted by Gasteiger charge is 2.25. The maximum Gasteiger partial charge on any atom is 0.255 e. The van der Waals surface area contributed by atoms with E-state index in [-0.39, 0.29) is 19.1 Å². The van der Waals surface area contributed by atoms with E-state index >= 15 is 0 Å². The van der Waals surface area contributed by atoms with Gasteiger partial charge >= 0.3 is 0 Å². The molecule has 120 valence electrons. The SMILES string of the molecule is CS(=O)(=O)N1CCOc2cc(NC(=O)c3ccccc3)ccc21. The summed E-state index contributed by atoms with van der Waals surface area (Å²) in [5.41, 5.74) is 1.58. The van der Waals surface area contributed by atoms with Gasteiger partial charge < -0.3 is 10.1 Å². The third-order valence-corrected chi connectivity index (χ3v) is 4.65. The third kappa shape index (κ3) is 3.29. The molecule has 0 atom stereocenters. The number of sulfonamides is 1. The molecule has 1 aliphatic heterocycles. The van der Waals surface area contributed by atoms with E-state index in [1.165, 1.54) is 4.31 Å². The van der Waals surface area contributed by atoms with Gasteiger partial charge in [-0.3, -0.25) is 9.10 Å². The third-order valence-electron chi connectivity index (χ3n) is 3.47. The van der Waals surface area contributed by atoms with Crippen molar-refractivity contribution in [1.82, 2.24) is 0 Å². The van der Waals surface area contributed by atoms with Crippen molar-refractivity contribution in [3.63, 3.8) is 0 Å². The van der Waals surface area contributed by atoms with Crippen LogP contribution in [-0.4, -0.2) is 33.7 Å². The predicted octanol–water partition coefficient (Wildman–Crippen LogP) is 2.10. The second kappa shape index (κ2) is 5.92. The molecule has 0 radical (unpaired) electrons. The van der Waals surface area contributed by atoms with E-state index in [0.717, 1.165) is 6.26 Å². The van der Waals surface area contributed by atoms with E-state index in [2.05, 4.69) is 5.32 Å². The van der Waals surface area contributed by atoms with Crippen molar-refractivity contribution < 1.29 is 17.9 Å². The molecule has 0 spiro atoms. The Morgan fingerprint density at radius 2 is 1.91 bits per heavy atom. The molecule has 3 rings (SSSR count). The summed E-state index contributed by atoms with van der Waals surface area (Å²) in [5.74, 6) is 0.203. The number of nitrogens with one attached hydrogen (secondary N) is 1. The van der Waals surface area contributed by atoms with Crippen LogP contribution in [0.3, 0.4) is 0 Å². The van der Waals surface area contributed by atoms with Crippen LogP contribution >= 0.6 is 0 Å². The molecule has 0 unspecified atom stereocenters. The molecule has 6 nitrogen and oxygen atoms in total. The highest BCUT2D eigenvalue weighted by Crippen LogP contribution is 2.35. The number of carbonyl (C=O) groups excluding carboxylic acids is 1. The topological polar surface area (TPSA) is 75.7 Å². The zero-order valence-corrected chi connectivity index (χ0v) is 13.3. The van der Waals surface area contributed by atoms with Gasteiger partial charge in [0.2, 0.25) is 10.0 Å². The van der Waals surface area contributed by atoms with Gasteiger partial charge in [-0.2, -0.15) is 0 Å². The largest absolute Gasteiger partial charge is 0.489 e. The number of benzene rings is 2. The Morgan fingerprint density at radius 1 is 1.17 bits per heavy atom. The summed E-state index contributed by atoms with van der Waals surface area (Å²) >= 11 is 0. The molecule has 0 aliphatic carbocycles. The lowest BCUT2D eigenvalue weighted by Gasteiger charge is -2.29. The molecular weight excluding hydrogens is 316 g/mol. The number of hydrogen-bond acceptors (Lipinski definition) is 4. The van der Waals surface area contributed by atoms with Crippen LogP contribution in [0.1, 0.15) is 10.4 Å². The summed E-state index contributed by atoms with van der Waals surface area (Å²) in [5, 5.41) is 2.78. The molecule has 7 heteroatoms. The Balaban J connectivity index is 1.86. The number of rotatable bonds is 3. The molecule has 0 aromatic heterocycles. The van der Waals surface area contributed by atoms with Crippen LogP contribution in [0, 0.1) is 0 Å². The Morgan fingerprint density at radius 3 is 2.61 bits per heavy atom. The van der Waals surface area contributed by atoms with E-state index in [9.17, 15) is 13.2 Å². The minimum Gasteiger partial charge on any atom is -0.489 e. The minimum absolute atomic E-state index is 0.235. The van der Waals surface area contributed by atoms with Crippen LogP contribution in [0.2, 0.25) is 0 Å². The maximum absolute atomic E-state index is 12.1. The van der Waals surface area contributed by atoms with Gasteiger partial charge in [-0.15, -0.1) is 0 Å². The lowest BCUT2D eigenvalue weighted by Crippen LogP contribution is -2.37. The Kier molecular flexibility index (Phi) is 3.96. The van der Waals surface area contributed by atoms with E-state index in [0.29, 0.717) is 22.7 Å². The average Bonchev–Trinajstić information content (AvgIpc) is 2.54. The molecular formula is C16H16N2O4S. The van der Waals surface area contributed by atoms with Crippen LogP contribution in [-0.2, 0) is 10.0 Å². The highest BCUT2D eigenvalue weighted by atomic mass is 32.2. The van der Waals surface area contributed by atoms with Crippen LogP contribution in [0.25, 0.3) is 0 Å². The van der Waals surface area contributed by atoms with E-state index < -0.39 is 10.0 Å². The molecule has 0 fully saturated rings. The van der Waals surface area contributed by atoms with Gasteiger partial charge in [0.25, 0.3) is 5.91 Å². The number of amides is 1. The quantitative estimate of drug-likeness (QED) is 0.934. The second-order valence-corrected chi connectivity index (χ2v) is 7.09. The molecule has 1 aliphatic rings. The Bertz CT molecular complexity index is 834. The normalized spacial score (nSPS) is 13.9. The lowest BCUT2D eigenvalue weighted by atomic mass is 10.2. The number of hydrogen-bond donors (Lipinski definition) is 1. The van der Waals surface area contributed by atoms with E-state index in [1.54, 1.807) is 42.5 Å². The van der Waals surface area contributed by atoms with Crippen LogP contribution in [0.5, 0.6) is 5.75 Å². The van der Waals surface area contributed by atoms with Crippen molar-refractivity contribution in [2.75, 3.05) is 29.0 Å². The maximum atomic E-state index is 12.1. The van der Waals surface area contributed by atoms with Gasteiger partial charge in [0.05, 0.1) is 18.5 Å². The number of anilines is 2. The number of ether oxygens (including phenoxy) is 1. The molecule has 0 bridgehead atoms. The first-order valence-electron chi connectivity index (χ1n) is 7.06. The smallest absolute Gasteiger partial charge is 0.255 e. The van der Waals surface area contributed by atoms with E-state index in [1.807, 2.05) is 6.07 Å². The summed E-state index contributed by atoms with van der Waals surface area (Å²) in [7, 11) is -3.35. The van der Waals surface area contributed by atoms with Crippen LogP contribution in [0.4, 0.5) is 11.4 Å². The summed E-state index contributed by atoms with van der Waals surface area (Å²) < 4.78 is 30.4. The van der Waals surface area contributed by atoms with Crippen molar-refractivity contribution >= 4 is 27.3 Å². The monoisotopic (exact) mass is 332 g/mol. The molecule has 23 heavy (non-hydrogen) atoms. The first-order valence-corrected chi connectivity index (χ1v) is 8.91. The summed E-state index contributed by atoms with van der Waals surface area (Å²) in [6, 6.07) is 13.8. The van der Waals surface area contributed by atoms with Crippen molar-refractivity contribution in [2.45, 2.75) is 0 Å². The fraction of sp³-hybridized carbons (Fsp3) is 0.188. The van der Waals surface area contributed by atoms with Gasteiger partial charge in [-0.25, -0.2) is 8.42 Å². The van der Waals surface area contributed by atoms with Gasteiger partial charge in [0, 0.05) is 17.3 Å². The van der Waals surface area contributed by atoms with Crippen molar-refractivity contribution in [1.29, 1.82) is 0 Å². The van der Waals surface area contributed by atoms with Gasteiger partial charge in [0.1, 0.15) is 12.4 Å². The van der Waals surface area contributed by atoms with Gasteiger partial charge in [-0.05, 0) is 24.3 Å². The van der Waals surface area contributed by atoms with Crippen LogP contribution in [0.15, 0.2) is 48.5 Å². The molecule has 1 heterocycles. The Hall–Kier alpha value is -2.54. The molecule has 0 saturated heterocycles. The molecule has 1 N–H and O–H groups in total. The molecule has 2 aromatic carbocycles. The van der Waals surface area contributed by atoms with Crippen molar-refractivity contribution in [2.24, 2.45) is 0 Å². The first-order chi connectivity index (χ1) is 10.9. The predicted molar refractivity (Wildman–Crippen MR) is 88.5 cm³/mol. The summed E-state index contributed by atoms with van der Waals surface area (Å²) in [6.45, 7) is 0.553. The molecule has 2 aromatic rings. The van der Waals surface area contributed by atoms with E-state index in [4.69, 9.17) is 4.74 Å². The number of carbonyl (C=O) groups is 1. The number of fused-ring (bicyclic) bond motifs is 1. The number of nitrogens with zero attached hydrogens (tertiary/aromatic N) is 1. The zero-order chi connectivity index (χ0) is 16.4. The average molecular weight is 332 g/mol. The lowest BCUT2D eigenvalue weighted by molar-refractivity contribution is 0.102. The fourth-order valence-electron chi connectivity index (χ4n) is 2.41.